The molecular weight excluding hydrogens is 383 g/mol. The fourth-order valence-corrected chi connectivity index (χ4v) is 3.15. The van der Waals surface area contributed by atoms with E-state index in [-0.39, 0.29) is 15.8 Å². The van der Waals surface area contributed by atoms with Crippen molar-refractivity contribution in [3.63, 3.8) is 0 Å². The standard InChI is InChI=1S/C13H11ClF3N5S2/c1-5-10(6(2)21-22-12(18)23)24-11(20-5)9-8(14)3-7(4-19-9)13(15,16)17/h3-4H,1-2H3,(H3,18,22,23)/b21-6-. The van der Waals surface area contributed by atoms with Crippen LogP contribution >= 0.6 is 35.2 Å². The molecule has 24 heavy (non-hydrogen) atoms. The highest BCUT2D eigenvalue weighted by molar-refractivity contribution is 7.80. The number of rotatable bonds is 3. The smallest absolute Gasteiger partial charge is 0.375 e. The number of alkyl halides is 3. The predicted molar refractivity (Wildman–Crippen MR) is 92.2 cm³/mol. The van der Waals surface area contributed by atoms with Crippen LogP contribution < -0.4 is 11.2 Å². The maximum Gasteiger partial charge on any atom is 0.417 e. The maximum absolute atomic E-state index is 12.7. The van der Waals surface area contributed by atoms with Crippen molar-refractivity contribution in [2.24, 2.45) is 10.8 Å². The van der Waals surface area contributed by atoms with E-state index in [2.05, 4.69) is 32.7 Å². The zero-order valence-electron chi connectivity index (χ0n) is 12.4. The Hall–Kier alpha value is -1.78. The lowest BCUT2D eigenvalue weighted by Crippen LogP contribution is -2.25. The van der Waals surface area contributed by atoms with Crippen molar-refractivity contribution in [2.45, 2.75) is 20.0 Å². The molecule has 0 fully saturated rings. The molecule has 0 radical (unpaired) electrons. The Morgan fingerprint density at radius 3 is 2.67 bits per heavy atom. The lowest BCUT2D eigenvalue weighted by molar-refractivity contribution is -0.137. The summed E-state index contributed by atoms with van der Waals surface area (Å²) in [6.45, 7) is 3.46. The van der Waals surface area contributed by atoms with Gasteiger partial charge in [0, 0.05) is 6.20 Å². The number of halogens is 4. The summed E-state index contributed by atoms with van der Waals surface area (Å²) in [7, 11) is 0. The van der Waals surface area contributed by atoms with Crippen LogP contribution in [0.5, 0.6) is 0 Å². The molecule has 11 heteroatoms. The van der Waals surface area contributed by atoms with Crippen molar-refractivity contribution < 1.29 is 13.2 Å². The van der Waals surface area contributed by atoms with E-state index in [1.54, 1.807) is 13.8 Å². The van der Waals surface area contributed by atoms with E-state index in [1.165, 1.54) is 11.3 Å². The normalized spacial score (nSPS) is 12.3. The number of aromatic nitrogens is 2. The average molecular weight is 394 g/mol. The number of hydrazone groups is 1. The summed E-state index contributed by atoms with van der Waals surface area (Å²) in [5, 5.41) is 4.29. The molecule has 3 N–H and O–H groups in total. The van der Waals surface area contributed by atoms with E-state index in [0.29, 0.717) is 21.3 Å². The van der Waals surface area contributed by atoms with Crippen LogP contribution in [0.3, 0.4) is 0 Å². The van der Waals surface area contributed by atoms with Crippen LogP contribution in [0.15, 0.2) is 17.4 Å². The molecular formula is C13H11ClF3N5S2. The maximum atomic E-state index is 12.7. The van der Waals surface area contributed by atoms with Crippen LogP contribution in [0.2, 0.25) is 5.02 Å². The minimum absolute atomic E-state index is 0.0178. The molecule has 0 aliphatic heterocycles. The lowest BCUT2D eigenvalue weighted by atomic mass is 10.2. The van der Waals surface area contributed by atoms with Crippen molar-refractivity contribution >= 4 is 46.0 Å². The highest BCUT2D eigenvalue weighted by Gasteiger charge is 2.32. The molecule has 128 valence electrons. The van der Waals surface area contributed by atoms with Gasteiger partial charge in [-0.25, -0.2) is 4.98 Å². The first kappa shape index (κ1) is 18.6. The minimum Gasteiger partial charge on any atom is -0.375 e. The van der Waals surface area contributed by atoms with Gasteiger partial charge in [0.15, 0.2) is 5.11 Å². The fourth-order valence-electron chi connectivity index (χ4n) is 1.77. The number of thiocarbonyl (C=S) groups is 1. The van der Waals surface area contributed by atoms with E-state index in [4.69, 9.17) is 17.3 Å². The molecule has 0 bridgehead atoms. The van der Waals surface area contributed by atoms with E-state index in [9.17, 15) is 13.2 Å². The first-order valence-corrected chi connectivity index (χ1v) is 8.00. The summed E-state index contributed by atoms with van der Waals surface area (Å²) < 4.78 is 38.0. The van der Waals surface area contributed by atoms with Gasteiger partial charge in [-0.05, 0) is 32.1 Å². The number of nitrogens with two attached hydrogens (primary N) is 1. The monoisotopic (exact) mass is 393 g/mol. The number of thiazole rings is 1. The molecule has 2 aromatic rings. The molecule has 2 rings (SSSR count). The van der Waals surface area contributed by atoms with E-state index in [0.717, 1.165) is 12.3 Å². The highest BCUT2D eigenvalue weighted by Crippen LogP contribution is 2.36. The number of hydrogen-bond donors (Lipinski definition) is 2. The molecule has 2 aromatic heterocycles. The fraction of sp³-hybridized carbons (Fsp3) is 0.231. The summed E-state index contributed by atoms with van der Waals surface area (Å²) >= 11 is 11.8. The van der Waals surface area contributed by atoms with Gasteiger partial charge in [-0.3, -0.25) is 10.4 Å². The Labute approximate surface area is 149 Å². The van der Waals surface area contributed by atoms with Gasteiger partial charge >= 0.3 is 6.18 Å². The molecule has 0 amide bonds. The molecule has 0 unspecified atom stereocenters. The first-order valence-electron chi connectivity index (χ1n) is 6.40. The Morgan fingerprint density at radius 2 is 2.12 bits per heavy atom. The van der Waals surface area contributed by atoms with Crippen molar-refractivity contribution in [3.05, 3.63) is 33.4 Å². The van der Waals surface area contributed by atoms with Gasteiger partial charge in [0.25, 0.3) is 0 Å². The van der Waals surface area contributed by atoms with Gasteiger partial charge in [-0.2, -0.15) is 18.3 Å². The molecule has 0 aliphatic rings. The third kappa shape index (κ3) is 4.19. The number of hydrogen-bond acceptors (Lipinski definition) is 5. The third-order valence-corrected chi connectivity index (χ3v) is 4.48. The molecule has 0 spiro atoms. The number of nitrogens with one attached hydrogen (secondary N) is 1. The average Bonchev–Trinajstić information content (AvgIpc) is 2.85. The summed E-state index contributed by atoms with van der Waals surface area (Å²) in [6, 6.07) is 0.829. The van der Waals surface area contributed by atoms with Crippen molar-refractivity contribution in [1.82, 2.24) is 15.4 Å². The second kappa shape index (κ2) is 6.99. The van der Waals surface area contributed by atoms with Gasteiger partial charge in [-0.1, -0.05) is 11.6 Å². The van der Waals surface area contributed by atoms with Crippen molar-refractivity contribution in [1.29, 1.82) is 0 Å². The Morgan fingerprint density at radius 1 is 1.46 bits per heavy atom. The largest absolute Gasteiger partial charge is 0.417 e. The number of pyridine rings is 1. The summed E-state index contributed by atoms with van der Waals surface area (Å²) in [4.78, 5) is 8.82. The van der Waals surface area contributed by atoms with Crippen molar-refractivity contribution in [2.75, 3.05) is 0 Å². The second-order valence-electron chi connectivity index (χ2n) is 4.66. The molecule has 2 heterocycles. The van der Waals surface area contributed by atoms with Crippen LogP contribution in [0.25, 0.3) is 10.7 Å². The summed E-state index contributed by atoms with van der Waals surface area (Å²) in [5.74, 6) is 0. The quantitative estimate of drug-likeness (QED) is 0.472. The van der Waals surface area contributed by atoms with Crippen LogP contribution in [-0.4, -0.2) is 20.8 Å². The van der Waals surface area contributed by atoms with Gasteiger partial charge in [-0.15, -0.1) is 11.3 Å². The minimum atomic E-state index is -4.51. The van der Waals surface area contributed by atoms with Gasteiger partial charge in [0.05, 0.1) is 26.9 Å². The van der Waals surface area contributed by atoms with E-state index < -0.39 is 11.7 Å². The van der Waals surface area contributed by atoms with Gasteiger partial charge < -0.3 is 5.73 Å². The Balaban J connectivity index is 2.40. The van der Waals surface area contributed by atoms with Crippen LogP contribution in [0.1, 0.15) is 23.1 Å². The zero-order chi connectivity index (χ0) is 18.1. The first-order chi connectivity index (χ1) is 11.1. The highest BCUT2D eigenvalue weighted by atomic mass is 35.5. The summed E-state index contributed by atoms with van der Waals surface area (Å²) in [5.41, 5.74) is 8.25. The van der Waals surface area contributed by atoms with E-state index in [1.807, 2.05) is 0 Å². The molecule has 0 aliphatic carbocycles. The SMILES string of the molecule is C/C(=N/NC(N)=S)c1sc(-c2ncc(C(F)(F)F)cc2Cl)nc1C. The van der Waals surface area contributed by atoms with E-state index >= 15 is 0 Å². The lowest BCUT2D eigenvalue weighted by Gasteiger charge is -2.07. The third-order valence-electron chi connectivity index (χ3n) is 2.83. The number of aryl methyl sites for hydroxylation is 1. The van der Waals surface area contributed by atoms with Gasteiger partial charge in [0.1, 0.15) is 10.7 Å². The Kier molecular flexibility index (Phi) is 5.41. The molecule has 0 saturated carbocycles. The number of nitrogens with zero attached hydrogens (tertiary/aromatic N) is 3. The zero-order valence-corrected chi connectivity index (χ0v) is 14.8. The molecule has 0 saturated heterocycles. The van der Waals surface area contributed by atoms with Crippen LogP contribution in [0, 0.1) is 6.92 Å². The molecule has 0 aromatic carbocycles. The predicted octanol–water partition coefficient (Wildman–Crippen LogP) is 3.74. The van der Waals surface area contributed by atoms with Gasteiger partial charge in [0.2, 0.25) is 0 Å². The molecule has 5 nitrogen and oxygen atoms in total. The second-order valence-corrected chi connectivity index (χ2v) is 6.51. The Bertz CT molecular complexity index is 816. The van der Waals surface area contributed by atoms with Crippen molar-refractivity contribution in [3.8, 4) is 10.7 Å². The topological polar surface area (TPSA) is 76.2 Å². The van der Waals surface area contributed by atoms with Crippen LogP contribution in [-0.2, 0) is 6.18 Å². The van der Waals surface area contributed by atoms with Crippen LogP contribution in [0.4, 0.5) is 13.2 Å². The summed E-state index contributed by atoms with van der Waals surface area (Å²) in [6.07, 6.45) is -3.78. The molecule has 0 atom stereocenters.